The quantitative estimate of drug-likeness (QED) is 0.821. The summed E-state index contributed by atoms with van der Waals surface area (Å²) >= 11 is 9.47. The smallest absolute Gasteiger partial charge is 0.227 e. The maximum Gasteiger partial charge on any atom is 0.227 e. The van der Waals surface area contributed by atoms with E-state index in [1.165, 1.54) is 6.07 Å². The monoisotopic (exact) mass is 372 g/mol. The molecule has 1 heterocycles. The van der Waals surface area contributed by atoms with Crippen LogP contribution in [0.25, 0.3) is 4.48 Å². The minimum absolute atomic E-state index is 0.326. The van der Waals surface area contributed by atoms with Gasteiger partial charge in [0.15, 0.2) is 5.75 Å². The molecule has 0 bridgehead atoms. The van der Waals surface area contributed by atoms with Crippen LogP contribution in [0.1, 0.15) is 5.76 Å². The first-order valence-corrected chi connectivity index (χ1v) is 5.43. The third-order valence-electron chi connectivity index (χ3n) is 1.19. The highest BCUT2D eigenvalue weighted by atomic mass is 79.9. The second-order valence-electron chi connectivity index (χ2n) is 2.07. The molecule has 1 rings (SSSR count). The molecule has 0 unspecified atom stereocenters. The lowest BCUT2D eigenvalue weighted by Gasteiger charge is -1.98. The standard InChI is InChI=1S/C7H3Br3O3/c8-6(7(9)10)5-1-3(11)4(12)2-13-5/h1-2,12H. The molecule has 70 valence electrons. The summed E-state index contributed by atoms with van der Waals surface area (Å²) in [6, 6.07) is 1.18. The van der Waals surface area contributed by atoms with Crippen molar-refractivity contribution < 1.29 is 9.52 Å². The zero-order valence-electron chi connectivity index (χ0n) is 6.05. The maximum absolute atomic E-state index is 11.0. The predicted octanol–water partition coefficient (Wildman–Crippen LogP) is 3.16. The molecule has 0 atom stereocenters. The normalized spacial score (nSPS) is 9.77. The molecule has 1 aromatic rings. The van der Waals surface area contributed by atoms with Crippen LogP contribution in [0.3, 0.4) is 0 Å². The number of hydrogen-bond acceptors (Lipinski definition) is 3. The van der Waals surface area contributed by atoms with Crippen LogP contribution in [0, 0.1) is 0 Å². The van der Waals surface area contributed by atoms with Crippen LogP contribution in [0.5, 0.6) is 5.75 Å². The van der Waals surface area contributed by atoms with E-state index >= 15 is 0 Å². The van der Waals surface area contributed by atoms with E-state index in [2.05, 4.69) is 47.8 Å². The van der Waals surface area contributed by atoms with Gasteiger partial charge in [0.1, 0.15) is 12.0 Å². The summed E-state index contributed by atoms with van der Waals surface area (Å²) in [7, 11) is 0. The summed E-state index contributed by atoms with van der Waals surface area (Å²) in [4.78, 5) is 11.0. The number of halogens is 3. The molecule has 0 aliphatic rings. The van der Waals surface area contributed by atoms with Crippen molar-refractivity contribution in [3.8, 4) is 5.75 Å². The Morgan fingerprint density at radius 3 is 2.46 bits per heavy atom. The van der Waals surface area contributed by atoms with Gasteiger partial charge in [0.25, 0.3) is 0 Å². The molecule has 0 aliphatic carbocycles. The van der Waals surface area contributed by atoms with Crippen molar-refractivity contribution in [2.75, 3.05) is 0 Å². The van der Waals surface area contributed by atoms with Crippen LogP contribution < -0.4 is 5.43 Å². The summed E-state index contributed by atoms with van der Waals surface area (Å²) < 4.78 is 6.13. The average Bonchev–Trinajstić information content (AvgIpc) is 2.08. The second kappa shape index (κ2) is 4.43. The van der Waals surface area contributed by atoms with Crippen molar-refractivity contribution in [1.29, 1.82) is 0 Å². The molecule has 3 nitrogen and oxygen atoms in total. The van der Waals surface area contributed by atoms with Crippen molar-refractivity contribution in [3.05, 3.63) is 31.7 Å². The molecule has 1 N–H and O–H groups in total. The topological polar surface area (TPSA) is 50.4 Å². The van der Waals surface area contributed by atoms with Crippen LogP contribution in [0.15, 0.2) is 24.9 Å². The lowest BCUT2D eigenvalue weighted by molar-refractivity contribution is 0.426. The minimum Gasteiger partial charge on any atom is -0.502 e. The van der Waals surface area contributed by atoms with Gasteiger partial charge in [-0.3, -0.25) is 4.79 Å². The predicted molar refractivity (Wildman–Crippen MR) is 60.3 cm³/mol. The summed E-state index contributed by atoms with van der Waals surface area (Å²) in [6.07, 6.45) is 0.988. The van der Waals surface area contributed by atoms with Crippen molar-refractivity contribution >= 4 is 52.3 Å². The summed E-state index contributed by atoms with van der Waals surface area (Å²) in [5, 5.41) is 8.90. The van der Waals surface area contributed by atoms with Crippen LogP contribution >= 0.6 is 47.8 Å². The number of rotatable bonds is 1. The Labute approximate surface area is 98.8 Å². The molecule has 0 fully saturated rings. The molecule has 6 heteroatoms. The van der Waals surface area contributed by atoms with E-state index in [9.17, 15) is 4.79 Å². The van der Waals surface area contributed by atoms with Gasteiger partial charge in [-0.25, -0.2) is 0 Å². The van der Waals surface area contributed by atoms with Crippen LogP contribution in [0.2, 0.25) is 0 Å². The largest absolute Gasteiger partial charge is 0.502 e. The molecule has 0 radical (unpaired) electrons. The molecule has 0 saturated heterocycles. The molecule has 1 aromatic heterocycles. The van der Waals surface area contributed by atoms with Gasteiger partial charge in [-0.05, 0) is 47.8 Å². The van der Waals surface area contributed by atoms with Gasteiger partial charge < -0.3 is 9.52 Å². The Balaban J connectivity index is 3.27. The first kappa shape index (κ1) is 11.0. The fourth-order valence-corrected chi connectivity index (χ4v) is 1.21. The van der Waals surface area contributed by atoms with Gasteiger partial charge in [0.2, 0.25) is 5.43 Å². The molecule has 0 amide bonds. The Morgan fingerprint density at radius 2 is 2.00 bits per heavy atom. The van der Waals surface area contributed by atoms with Crippen molar-refractivity contribution in [2.24, 2.45) is 0 Å². The van der Waals surface area contributed by atoms with E-state index in [-0.39, 0.29) is 0 Å². The van der Waals surface area contributed by atoms with Crippen LogP contribution in [-0.2, 0) is 0 Å². The van der Waals surface area contributed by atoms with E-state index in [0.29, 0.717) is 13.6 Å². The third kappa shape index (κ3) is 2.69. The molecule has 0 saturated carbocycles. The molecule has 13 heavy (non-hydrogen) atoms. The second-order valence-corrected chi connectivity index (χ2v) is 5.51. The van der Waals surface area contributed by atoms with E-state index in [1.54, 1.807) is 0 Å². The highest BCUT2D eigenvalue weighted by molar-refractivity contribution is 9.29. The van der Waals surface area contributed by atoms with Gasteiger partial charge in [0.05, 0.1) is 7.87 Å². The summed E-state index contributed by atoms with van der Waals surface area (Å²) in [5.41, 5.74) is -0.487. The Bertz CT molecular complexity index is 404. The lowest BCUT2D eigenvalue weighted by Crippen LogP contribution is -1.98. The fraction of sp³-hybridized carbons (Fsp3) is 0. The van der Waals surface area contributed by atoms with Gasteiger partial charge in [0, 0.05) is 6.07 Å². The third-order valence-corrected chi connectivity index (χ3v) is 3.84. The van der Waals surface area contributed by atoms with Gasteiger partial charge in [-0.2, -0.15) is 0 Å². The Hall–Kier alpha value is -0.0700. The number of aromatic hydroxyl groups is 1. The highest BCUT2D eigenvalue weighted by Crippen LogP contribution is 2.31. The van der Waals surface area contributed by atoms with E-state index in [4.69, 9.17) is 9.52 Å². The maximum atomic E-state index is 11.0. The molecule has 0 aromatic carbocycles. The summed E-state index contributed by atoms with van der Waals surface area (Å²) in [6.45, 7) is 0. The van der Waals surface area contributed by atoms with E-state index < -0.39 is 11.2 Å². The van der Waals surface area contributed by atoms with Gasteiger partial charge in [-0.15, -0.1) is 0 Å². The minimum atomic E-state index is -0.487. The van der Waals surface area contributed by atoms with E-state index in [0.717, 1.165) is 6.26 Å². The fourth-order valence-electron chi connectivity index (χ4n) is 0.613. The van der Waals surface area contributed by atoms with Crippen molar-refractivity contribution in [3.63, 3.8) is 0 Å². The lowest BCUT2D eigenvalue weighted by atomic mass is 10.4. The first-order valence-electron chi connectivity index (χ1n) is 3.05. The summed E-state index contributed by atoms with van der Waals surface area (Å²) in [5.74, 6) is -0.0821. The van der Waals surface area contributed by atoms with Crippen molar-refractivity contribution in [1.82, 2.24) is 0 Å². The highest BCUT2D eigenvalue weighted by Gasteiger charge is 2.07. The van der Waals surface area contributed by atoms with Gasteiger partial charge in [-0.1, -0.05) is 0 Å². The first-order chi connectivity index (χ1) is 6.02. The molecular weight excluding hydrogens is 372 g/mol. The zero-order chi connectivity index (χ0) is 10.0. The van der Waals surface area contributed by atoms with Crippen LogP contribution in [0.4, 0.5) is 0 Å². The molecular formula is C7H3Br3O3. The average molecular weight is 375 g/mol. The Morgan fingerprint density at radius 1 is 1.38 bits per heavy atom. The molecule has 0 spiro atoms. The number of hydrogen-bond donors (Lipinski definition) is 1. The van der Waals surface area contributed by atoms with E-state index in [1.807, 2.05) is 0 Å². The Kier molecular flexibility index (Phi) is 3.75. The zero-order valence-corrected chi connectivity index (χ0v) is 10.8. The van der Waals surface area contributed by atoms with Crippen LogP contribution in [-0.4, -0.2) is 5.11 Å². The molecule has 0 aliphatic heterocycles. The van der Waals surface area contributed by atoms with Crippen molar-refractivity contribution in [2.45, 2.75) is 0 Å². The SMILES string of the molecule is O=c1cc(C(Br)=C(Br)Br)occ1O. The van der Waals surface area contributed by atoms with Gasteiger partial charge >= 0.3 is 0 Å².